The Hall–Kier alpha value is -2.21. The molecule has 0 heterocycles. The van der Waals surface area contributed by atoms with E-state index in [1.807, 2.05) is 135 Å². The van der Waals surface area contributed by atoms with Gasteiger partial charge in [-0.1, -0.05) is 375 Å². The molecule has 9 aliphatic carbocycles. The molecule has 9 fully saturated rings. The Morgan fingerprint density at radius 2 is 0.816 bits per heavy atom. The molecule has 0 atom stereocenters. The van der Waals surface area contributed by atoms with Gasteiger partial charge in [0.15, 0.2) is 0 Å². The number of hydrogen-bond donors (Lipinski definition) is 0. The Morgan fingerprint density at radius 1 is 0.602 bits per heavy atom. The van der Waals surface area contributed by atoms with E-state index in [0.717, 1.165) is 65.0 Å². The number of carbonyl (C=O) groups excluding carboxylic acids is 2. The SMILES string of the molecule is C.C#CC.C=CC.CBr.CC.CC.CC.CC.CC.CC.CC.CC.CC#N.CC(C)=O.CC(F)(F)F.CC12CC3CC(CC(C3)C1)C2.CC1C2CC3CC(C2)CC1C3.CC1CCCCC1.CC=O.CCC.CCC.CCCCCCCCC.CCl.CF.CI.Cc1ccc(-c2ccccc2)cc1.[HH]. The third kappa shape index (κ3) is 121. The minimum Gasteiger partial charge on any atom is -0.304 e. The molecule has 628 valence electrons. The molecular weight excluding hydrogens is 1480 g/mol. The van der Waals surface area contributed by atoms with Crippen molar-refractivity contribution < 1.29 is 28.6 Å². The Labute approximate surface area is 679 Å². The van der Waals surface area contributed by atoms with Gasteiger partial charge in [-0.25, -0.2) is 0 Å². The predicted octanol–water partition coefficient (Wildman–Crippen LogP) is 36.5. The summed E-state index contributed by atoms with van der Waals surface area (Å²) in [4.78, 5) is 20.2. The average Bonchev–Trinajstić information content (AvgIpc) is 0.776. The Morgan fingerprint density at radius 3 is 1.02 bits per heavy atom. The van der Waals surface area contributed by atoms with Crippen molar-refractivity contribution in [3.8, 4) is 29.5 Å². The highest BCUT2D eigenvalue weighted by Gasteiger charge is 2.48. The van der Waals surface area contributed by atoms with Crippen LogP contribution in [-0.2, 0) is 9.59 Å². The number of alkyl halides is 7. The van der Waals surface area contributed by atoms with Gasteiger partial charge in [-0.05, 0) is 193 Å². The van der Waals surface area contributed by atoms with Crippen LogP contribution in [0, 0.1) is 89.3 Å². The van der Waals surface area contributed by atoms with Crippen molar-refractivity contribution in [3.63, 3.8) is 0 Å². The molecule has 0 N–H and O–H groups in total. The molecule has 0 amide bonds. The second kappa shape index (κ2) is 129. The van der Waals surface area contributed by atoms with Crippen LogP contribution in [0.2, 0.25) is 0 Å². The molecule has 8 bridgehead atoms. The number of unbranched alkanes of at least 4 members (excludes halogenated alkanes) is 6. The second-order valence-corrected chi connectivity index (χ2v) is 24.0. The molecule has 0 aliphatic heterocycles. The zero-order valence-electron chi connectivity index (χ0n) is 75.4. The van der Waals surface area contributed by atoms with Crippen LogP contribution in [0.3, 0.4) is 0 Å². The van der Waals surface area contributed by atoms with Crippen LogP contribution in [-0.4, -0.2) is 42.6 Å². The number of ketones is 1. The minimum atomic E-state index is -4.00. The number of carbonyl (C=O) groups is 2. The maximum atomic E-state index is 10.4. The topological polar surface area (TPSA) is 57.9 Å². The van der Waals surface area contributed by atoms with Crippen LogP contribution < -0.4 is 0 Å². The fourth-order valence-electron chi connectivity index (χ4n) is 12.5. The Kier molecular flexibility index (Phi) is 179. The van der Waals surface area contributed by atoms with Gasteiger partial charge in [0.1, 0.15) is 12.1 Å². The largest absolute Gasteiger partial charge is 0.386 e. The van der Waals surface area contributed by atoms with Gasteiger partial charge in [-0.3, -0.25) is 4.39 Å². The highest BCUT2D eigenvalue weighted by molar-refractivity contribution is 14.1. The van der Waals surface area contributed by atoms with Crippen molar-refractivity contribution in [2.24, 2.45) is 58.7 Å². The number of nitriles is 1. The lowest BCUT2D eigenvalue weighted by atomic mass is 9.50. The number of rotatable bonds is 7. The monoisotopic (exact) mass is 1670 g/mol. The van der Waals surface area contributed by atoms with E-state index in [9.17, 15) is 22.4 Å². The molecule has 9 aliphatic rings. The highest BCUT2D eigenvalue weighted by Crippen LogP contribution is 2.60. The number of halogens is 7. The molecule has 103 heavy (non-hydrogen) atoms. The normalized spacial score (nSPS) is 19.0. The van der Waals surface area contributed by atoms with Crippen molar-refractivity contribution in [1.29, 1.82) is 5.26 Å². The molecule has 2 aromatic carbocycles. The molecule has 11 rings (SSSR count). The van der Waals surface area contributed by atoms with Gasteiger partial charge in [0.25, 0.3) is 0 Å². The lowest BCUT2D eigenvalue weighted by Gasteiger charge is -2.55. The maximum Gasteiger partial charge on any atom is 0.386 e. The van der Waals surface area contributed by atoms with E-state index in [4.69, 9.17) is 10.1 Å². The number of aryl methyl sites for hydroxylation is 1. The summed E-state index contributed by atoms with van der Waals surface area (Å²) in [6, 6.07) is 20.8. The zero-order valence-corrected chi connectivity index (χ0v) is 79.9. The maximum absolute atomic E-state index is 10.4. The Bertz CT molecular complexity index is 1670. The van der Waals surface area contributed by atoms with E-state index in [1.165, 1.54) is 141 Å². The first-order valence-corrected chi connectivity index (χ1v) is 45.3. The van der Waals surface area contributed by atoms with Crippen molar-refractivity contribution in [2.45, 2.75) is 403 Å². The number of Topliss-reactive ketones (excluding diaryl/α,β-unsaturated/α-hetero) is 1. The highest BCUT2D eigenvalue weighted by atomic mass is 127. The van der Waals surface area contributed by atoms with Crippen LogP contribution in [0.4, 0.5) is 17.6 Å². The van der Waals surface area contributed by atoms with Crippen molar-refractivity contribution in [3.05, 3.63) is 72.8 Å². The van der Waals surface area contributed by atoms with E-state index in [1.54, 1.807) is 89.7 Å². The summed E-state index contributed by atoms with van der Waals surface area (Å²) in [5, 5.41) is 7.32. The lowest BCUT2D eigenvalue weighted by Crippen LogP contribution is -2.44. The van der Waals surface area contributed by atoms with Gasteiger partial charge < -0.3 is 9.59 Å². The standard InChI is InChI=1S/C13H12.2C11H18.C9H20.C7H14.C3H6O.2C3H8.C3H6.C3H4.C2H3F3.C2H3N.C2H4O.8C2H6.CH3Br.CH3Cl.CH3F.CH3I.CH4.H2/c1-11-7-9-13(10-8-11)12-5-3-2-4-6-12;1-11-5-8-2-9(6-11)4-10(3-8)7-11;1-7-10-3-8-2-9(5-10)6-11(7)4-8;1-3-5-7-9-8-6-4-2;1-7-5-3-2-4-6-7;1-3(2)4;4*1-3-2;1-2(3,4)5;2*1-2-3;12*1-2;;/h2-10H,1H3;8-10H,2-7H2,1H3;7-11H,2-6H2,1H3;3-9H2,1-2H3;7H,2-6H2,1H3;1-2H3;2*3H2,1-2H3;3H,1H2,2H3;1H,2H3;1H3;1H3;2H,1H3;8*1-2H3;4*1H3;1H4;1H. The first kappa shape index (κ1) is 143. The first-order chi connectivity index (χ1) is 48.9. The van der Waals surface area contributed by atoms with Crippen LogP contribution in [0.5, 0.6) is 0 Å². The minimum absolute atomic E-state index is 0. The number of allylic oxidation sites excluding steroid dienone is 1. The summed E-state index contributed by atoms with van der Waals surface area (Å²) in [5.41, 5.74) is 4.67. The quantitative estimate of drug-likeness (QED) is 0.0528. The van der Waals surface area contributed by atoms with Gasteiger partial charge in [0.05, 0.1) is 13.2 Å². The number of benzene rings is 2. The molecule has 9 saturated carbocycles. The van der Waals surface area contributed by atoms with E-state index in [0.29, 0.717) is 7.18 Å². The molecule has 0 saturated heterocycles. The van der Waals surface area contributed by atoms with E-state index in [-0.39, 0.29) is 21.6 Å². The zero-order chi connectivity index (χ0) is 84.4. The average molecular weight is 1670 g/mol. The number of terminal acetylenes is 1. The smallest absolute Gasteiger partial charge is 0.304 e. The molecule has 0 aromatic heterocycles. The van der Waals surface area contributed by atoms with Gasteiger partial charge in [0, 0.05) is 21.7 Å². The molecule has 0 spiro atoms. The molecule has 10 heteroatoms. The summed E-state index contributed by atoms with van der Waals surface area (Å²) in [6.45, 7) is 67.6. The molecule has 2 aromatic rings. The van der Waals surface area contributed by atoms with E-state index < -0.39 is 6.18 Å². The van der Waals surface area contributed by atoms with Crippen LogP contribution >= 0.6 is 50.1 Å². The fourth-order valence-corrected chi connectivity index (χ4v) is 12.5. The van der Waals surface area contributed by atoms with E-state index >= 15 is 0 Å². The number of nitrogens with zero attached hydrogens (tertiary/aromatic N) is 1. The number of aldehydes is 1. The van der Waals surface area contributed by atoms with Gasteiger partial charge in [0.2, 0.25) is 0 Å². The molecule has 0 radical (unpaired) electrons. The van der Waals surface area contributed by atoms with Crippen LogP contribution in [0.25, 0.3) is 11.1 Å². The molecule has 3 nitrogen and oxygen atoms in total. The third-order valence-corrected chi connectivity index (χ3v) is 14.8. The fraction of sp³-hybridized carbons (Fsp3) is 0.796. The van der Waals surface area contributed by atoms with Gasteiger partial charge in [-0.15, -0.1) is 30.5 Å². The summed E-state index contributed by atoms with van der Waals surface area (Å²) in [6.07, 6.45) is 41.9. The Balaban J connectivity index is -0.0000000482. The van der Waals surface area contributed by atoms with E-state index in [2.05, 4.69) is 187 Å². The number of hydrogen-bond acceptors (Lipinski definition) is 3. The van der Waals surface area contributed by atoms with Crippen molar-refractivity contribution in [1.82, 2.24) is 0 Å². The summed E-state index contributed by atoms with van der Waals surface area (Å²) in [5.74, 6) is 14.4. The molecular formula is C93H190BrClF4INO2. The third-order valence-electron chi connectivity index (χ3n) is 14.8. The predicted molar refractivity (Wildman–Crippen MR) is 492 cm³/mol. The first-order valence-electron chi connectivity index (χ1n) is 40.8. The summed E-state index contributed by atoms with van der Waals surface area (Å²) < 4.78 is 40.6. The van der Waals surface area contributed by atoms with Crippen LogP contribution in [0.1, 0.15) is 396 Å². The van der Waals surface area contributed by atoms with Crippen LogP contribution in [0.15, 0.2) is 67.3 Å². The summed E-state index contributed by atoms with van der Waals surface area (Å²) >= 11 is 9.73. The van der Waals surface area contributed by atoms with Gasteiger partial charge >= 0.3 is 6.18 Å². The van der Waals surface area contributed by atoms with Gasteiger partial charge in [-0.2, -0.15) is 18.4 Å². The second-order valence-electron chi connectivity index (χ2n) is 24.0. The lowest BCUT2D eigenvalue weighted by molar-refractivity contribution is -0.115. The summed E-state index contributed by atoms with van der Waals surface area (Å²) in [7, 11) is 0.500. The van der Waals surface area contributed by atoms with Crippen molar-refractivity contribution in [2.75, 3.05) is 24.3 Å². The molecule has 0 unspecified atom stereocenters. The van der Waals surface area contributed by atoms with Crippen molar-refractivity contribution >= 4 is 62.2 Å².